The normalized spacial score (nSPS) is 10.3. The van der Waals surface area contributed by atoms with Gasteiger partial charge in [-0.2, -0.15) is 0 Å². The van der Waals surface area contributed by atoms with Crippen LogP contribution in [0.4, 0.5) is 17.5 Å². The van der Waals surface area contributed by atoms with Crippen LogP contribution in [0.15, 0.2) is 4.63 Å². The van der Waals surface area contributed by atoms with Crippen LogP contribution in [0, 0.1) is 15.3 Å². The van der Waals surface area contributed by atoms with Gasteiger partial charge in [0.25, 0.3) is 5.82 Å². The zero-order chi connectivity index (χ0) is 16.4. The molecule has 0 unspecified atom stereocenters. The molecular formula is C8H8N8O6. The minimum atomic E-state index is -0.907. The second kappa shape index (κ2) is 5.43. The topological polar surface area (TPSA) is 185 Å². The lowest BCUT2D eigenvalue weighted by atomic mass is 10.6. The fraction of sp³-hybridized carbons (Fsp3) is 0.250. The van der Waals surface area contributed by atoms with Crippen LogP contribution in [0.1, 0.15) is 13.8 Å². The summed E-state index contributed by atoms with van der Waals surface area (Å²) in [5.74, 6) is -3.34. The van der Waals surface area contributed by atoms with E-state index in [0.29, 0.717) is 4.80 Å². The highest BCUT2D eigenvalue weighted by atomic mass is 16.8. The molecule has 0 atom stereocenters. The van der Waals surface area contributed by atoms with Gasteiger partial charge in [-0.05, 0) is 15.2 Å². The molecule has 2 amide bonds. The molecule has 0 aliphatic heterocycles. The number of nitro groups is 1. The number of nitrogens with zero attached hydrogens (tertiary/aromatic N) is 6. The Morgan fingerprint density at radius 2 is 1.82 bits per heavy atom. The Bertz CT molecular complexity index is 763. The van der Waals surface area contributed by atoms with Gasteiger partial charge in [-0.3, -0.25) is 14.9 Å². The highest BCUT2D eigenvalue weighted by Crippen LogP contribution is 2.21. The van der Waals surface area contributed by atoms with E-state index >= 15 is 0 Å². The second-order valence-electron chi connectivity index (χ2n) is 3.88. The van der Waals surface area contributed by atoms with Crippen LogP contribution in [-0.4, -0.2) is 36.9 Å². The van der Waals surface area contributed by atoms with E-state index in [9.17, 15) is 24.9 Å². The lowest BCUT2D eigenvalue weighted by Gasteiger charge is -1.93. The summed E-state index contributed by atoms with van der Waals surface area (Å²) in [4.78, 5) is 32.3. The Hall–Kier alpha value is -3.58. The van der Waals surface area contributed by atoms with Gasteiger partial charge in [0.05, 0.1) is 4.80 Å². The van der Waals surface area contributed by atoms with Gasteiger partial charge in [-0.1, -0.05) is 4.90 Å². The van der Waals surface area contributed by atoms with Crippen molar-refractivity contribution in [3.05, 3.63) is 15.3 Å². The van der Waals surface area contributed by atoms with E-state index < -0.39 is 34.2 Å². The number of carbonyl (C=O) groups excluding carboxylic acids is 2. The molecule has 0 fully saturated rings. The first-order valence-corrected chi connectivity index (χ1v) is 5.56. The van der Waals surface area contributed by atoms with Gasteiger partial charge < -0.3 is 25.3 Å². The Balaban J connectivity index is 2.54. The fourth-order valence-electron chi connectivity index (χ4n) is 1.42. The number of hydrogen-bond donors (Lipinski definition) is 2. The van der Waals surface area contributed by atoms with E-state index in [2.05, 4.69) is 30.6 Å². The standard InChI is InChI=1S/C8H8N8O6/c1-3(17)9-5-7(15(19)20)12-14(11-5)8-6(10-4(2)18)13-22-16(8)21/h1-2H3,(H,9,11,17)(H,10,13,18). The van der Waals surface area contributed by atoms with E-state index in [1.165, 1.54) is 0 Å². The second-order valence-corrected chi connectivity index (χ2v) is 3.88. The van der Waals surface area contributed by atoms with Gasteiger partial charge in [0.1, 0.15) is 0 Å². The maximum absolute atomic E-state index is 11.5. The lowest BCUT2D eigenvalue weighted by molar-refractivity contribution is -0.797. The minimum absolute atomic E-state index is 0.160. The molecular weight excluding hydrogens is 304 g/mol. The number of carbonyl (C=O) groups is 2. The van der Waals surface area contributed by atoms with Crippen molar-refractivity contribution < 1.29 is 24.0 Å². The molecule has 14 heteroatoms. The highest BCUT2D eigenvalue weighted by molar-refractivity contribution is 5.90. The number of amides is 2. The minimum Gasteiger partial charge on any atom is -0.390 e. The van der Waals surface area contributed by atoms with Crippen LogP contribution >= 0.6 is 0 Å². The molecule has 0 aliphatic carbocycles. The van der Waals surface area contributed by atoms with Crippen LogP contribution in [0.2, 0.25) is 0 Å². The summed E-state index contributed by atoms with van der Waals surface area (Å²) in [6.07, 6.45) is 0. The van der Waals surface area contributed by atoms with Crippen molar-refractivity contribution in [3.8, 4) is 5.82 Å². The maximum Gasteiger partial charge on any atom is 0.452 e. The predicted molar refractivity (Wildman–Crippen MR) is 65.6 cm³/mol. The van der Waals surface area contributed by atoms with E-state index in [4.69, 9.17) is 0 Å². The van der Waals surface area contributed by atoms with Crippen molar-refractivity contribution in [2.45, 2.75) is 13.8 Å². The molecule has 2 N–H and O–H groups in total. The Morgan fingerprint density at radius 1 is 1.23 bits per heavy atom. The van der Waals surface area contributed by atoms with Crippen molar-refractivity contribution in [2.75, 3.05) is 10.6 Å². The van der Waals surface area contributed by atoms with Crippen LogP contribution < -0.4 is 15.5 Å². The first kappa shape index (κ1) is 14.8. The Morgan fingerprint density at radius 3 is 2.36 bits per heavy atom. The molecule has 0 spiro atoms. The van der Waals surface area contributed by atoms with Gasteiger partial charge in [-0.25, -0.2) is 0 Å². The summed E-state index contributed by atoms with van der Waals surface area (Å²) in [7, 11) is 0. The molecule has 0 bridgehead atoms. The summed E-state index contributed by atoms with van der Waals surface area (Å²) < 4.78 is 4.28. The van der Waals surface area contributed by atoms with Crippen LogP contribution in [0.25, 0.3) is 5.82 Å². The Kier molecular flexibility index (Phi) is 3.66. The van der Waals surface area contributed by atoms with Crippen molar-refractivity contribution >= 4 is 29.3 Å². The zero-order valence-electron chi connectivity index (χ0n) is 11.1. The summed E-state index contributed by atoms with van der Waals surface area (Å²) in [6, 6.07) is 0. The number of anilines is 2. The summed E-state index contributed by atoms with van der Waals surface area (Å²) >= 11 is 0. The monoisotopic (exact) mass is 312 g/mol. The zero-order valence-corrected chi connectivity index (χ0v) is 11.1. The van der Waals surface area contributed by atoms with E-state index in [0.717, 1.165) is 13.8 Å². The molecule has 116 valence electrons. The molecule has 2 aromatic heterocycles. The van der Waals surface area contributed by atoms with Crippen molar-refractivity contribution in [3.63, 3.8) is 0 Å². The first-order chi connectivity index (χ1) is 10.3. The summed E-state index contributed by atoms with van der Waals surface area (Å²) in [6.45, 7) is 2.26. The van der Waals surface area contributed by atoms with Gasteiger partial charge in [0.15, 0.2) is 5.10 Å². The van der Waals surface area contributed by atoms with Gasteiger partial charge >= 0.3 is 17.5 Å². The van der Waals surface area contributed by atoms with Crippen LogP contribution in [-0.2, 0) is 9.59 Å². The highest BCUT2D eigenvalue weighted by Gasteiger charge is 2.34. The third-order valence-corrected chi connectivity index (χ3v) is 2.14. The van der Waals surface area contributed by atoms with Gasteiger partial charge in [0, 0.05) is 13.8 Å². The molecule has 0 saturated heterocycles. The largest absolute Gasteiger partial charge is 0.452 e. The molecule has 0 aromatic carbocycles. The molecule has 0 saturated carbocycles. The lowest BCUT2D eigenvalue weighted by Crippen LogP contribution is -2.30. The maximum atomic E-state index is 11.5. The average Bonchev–Trinajstić information content (AvgIpc) is 2.92. The van der Waals surface area contributed by atoms with Crippen molar-refractivity contribution in [1.29, 1.82) is 0 Å². The molecule has 14 nitrogen and oxygen atoms in total. The van der Waals surface area contributed by atoms with E-state index in [1.54, 1.807) is 0 Å². The Labute approximate surface area is 120 Å². The summed E-state index contributed by atoms with van der Waals surface area (Å²) in [5, 5.41) is 37.0. The smallest absolute Gasteiger partial charge is 0.390 e. The van der Waals surface area contributed by atoms with Gasteiger partial charge in [-0.15, -0.1) is 0 Å². The van der Waals surface area contributed by atoms with E-state index in [1.807, 2.05) is 0 Å². The van der Waals surface area contributed by atoms with Gasteiger partial charge in [0.2, 0.25) is 11.8 Å². The molecule has 0 aliphatic rings. The number of hydrogen-bond acceptors (Lipinski definition) is 9. The van der Waals surface area contributed by atoms with E-state index in [-0.39, 0.29) is 10.7 Å². The molecule has 2 rings (SSSR count). The predicted octanol–water partition coefficient (Wildman–Crippen LogP) is -1.29. The first-order valence-electron chi connectivity index (χ1n) is 5.56. The van der Waals surface area contributed by atoms with Crippen LogP contribution in [0.3, 0.4) is 0 Å². The summed E-state index contributed by atoms with van der Waals surface area (Å²) in [5.41, 5.74) is 0. The molecule has 0 radical (unpaired) electrons. The third kappa shape index (κ3) is 2.79. The SMILES string of the molecule is CC(=O)Nc1nn(-c2c(NC(C)=O)no[n+]2[O-])nc1[N+](=O)[O-]. The number of rotatable bonds is 4. The average molecular weight is 312 g/mol. The number of nitrogens with one attached hydrogen (secondary N) is 2. The molecule has 2 aromatic rings. The van der Waals surface area contributed by atoms with Crippen molar-refractivity contribution in [1.82, 2.24) is 20.2 Å². The number of aromatic nitrogens is 5. The molecule has 2 heterocycles. The quantitative estimate of drug-likeness (QED) is 0.393. The van der Waals surface area contributed by atoms with Crippen molar-refractivity contribution in [2.24, 2.45) is 0 Å². The van der Waals surface area contributed by atoms with Crippen LogP contribution in [0.5, 0.6) is 0 Å². The third-order valence-electron chi connectivity index (χ3n) is 2.14. The molecule has 22 heavy (non-hydrogen) atoms. The fourth-order valence-corrected chi connectivity index (χ4v) is 1.42.